The number of fused-ring (bicyclic) bond motifs is 1. The number of carbonyl (C=O) groups excluding carboxylic acids is 3. The largest absolute Gasteiger partial charge is 0.497 e. The lowest BCUT2D eigenvalue weighted by Crippen LogP contribution is -2.58. The van der Waals surface area contributed by atoms with Crippen LogP contribution in [0.15, 0.2) is 48.7 Å². The Hall–Kier alpha value is -3.32. The van der Waals surface area contributed by atoms with Crippen LogP contribution in [0.5, 0.6) is 5.75 Å². The first kappa shape index (κ1) is 20.0. The molecule has 1 fully saturated rings. The zero-order valence-electron chi connectivity index (χ0n) is 16.7. The number of aromatic amines is 1. The quantitative estimate of drug-likeness (QED) is 0.647. The summed E-state index contributed by atoms with van der Waals surface area (Å²) >= 11 is 6.51. The van der Waals surface area contributed by atoms with Crippen LogP contribution in [-0.4, -0.2) is 53.8 Å². The second-order valence-corrected chi connectivity index (χ2v) is 7.62. The lowest BCUT2D eigenvalue weighted by molar-refractivity contribution is -0.148. The fraction of sp³-hybridized carbons (Fsp3) is 0.227. The second-order valence-electron chi connectivity index (χ2n) is 7.21. The molecule has 1 aliphatic heterocycles. The first-order valence-electron chi connectivity index (χ1n) is 9.33. The third-order valence-corrected chi connectivity index (χ3v) is 5.94. The summed E-state index contributed by atoms with van der Waals surface area (Å²) in [5, 5.41) is 1.24. The highest BCUT2D eigenvalue weighted by Gasteiger charge is 2.48. The molecule has 0 aliphatic carbocycles. The van der Waals surface area contributed by atoms with Gasteiger partial charge in [0, 0.05) is 42.1 Å². The fourth-order valence-corrected chi connectivity index (χ4v) is 4.23. The molecule has 154 valence electrons. The summed E-state index contributed by atoms with van der Waals surface area (Å²) < 4.78 is 5.36. The van der Waals surface area contributed by atoms with E-state index < -0.39 is 29.7 Å². The van der Waals surface area contributed by atoms with E-state index in [0.29, 0.717) is 16.3 Å². The lowest BCUT2D eigenvalue weighted by Gasteiger charge is -2.37. The first-order chi connectivity index (χ1) is 14.3. The molecule has 2 heterocycles. The minimum atomic E-state index is -1.14. The molecule has 0 spiro atoms. The number of imide groups is 2. The molecular formula is C22H20ClN3O4. The van der Waals surface area contributed by atoms with E-state index in [1.54, 1.807) is 37.6 Å². The lowest BCUT2D eigenvalue weighted by atomic mass is 9.78. The van der Waals surface area contributed by atoms with Gasteiger partial charge in [-0.1, -0.05) is 29.8 Å². The van der Waals surface area contributed by atoms with Gasteiger partial charge in [0.1, 0.15) is 11.7 Å². The number of ether oxygens (including phenoxy) is 1. The van der Waals surface area contributed by atoms with Crippen LogP contribution in [0.1, 0.15) is 17.0 Å². The van der Waals surface area contributed by atoms with Crippen molar-refractivity contribution in [2.75, 3.05) is 21.2 Å². The van der Waals surface area contributed by atoms with Crippen molar-refractivity contribution in [3.63, 3.8) is 0 Å². The van der Waals surface area contributed by atoms with Gasteiger partial charge < -0.3 is 9.72 Å². The summed E-state index contributed by atoms with van der Waals surface area (Å²) in [6.45, 7) is 0. The third-order valence-electron chi connectivity index (χ3n) is 5.60. The van der Waals surface area contributed by atoms with Crippen molar-refractivity contribution in [2.45, 2.75) is 5.92 Å². The van der Waals surface area contributed by atoms with E-state index in [-0.39, 0.29) is 0 Å². The van der Waals surface area contributed by atoms with E-state index in [4.69, 9.17) is 16.3 Å². The maximum Gasteiger partial charge on any atom is 0.332 e. The Balaban J connectivity index is 1.97. The predicted molar refractivity (Wildman–Crippen MR) is 113 cm³/mol. The molecule has 2 aromatic carbocycles. The second kappa shape index (κ2) is 7.50. The zero-order valence-corrected chi connectivity index (χ0v) is 17.4. The monoisotopic (exact) mass is 425 g/mol. The van der Waals surface area contributed by atoms with Gasteiger partial charge >= 0.3 is 6.03 Å². The van der Waals surface area contributed by atoms with E-state index in [1.807, 2.05) is 18.2 Å². The molecule has 1 aliphatic rings. The number of H-pyrrole nitrogens is 1. The number of halogens is 1. The highest BCUT2D eigenvalue weighted by molar-refractivity contribution is 6.31. The van der Waals surface area contributed by atoms with Crippen LogP contribution in [0.2, 0.25) is 5.02 Å². The molecule has 30 heavy (non-hydrogen) atoms. The van der Waals surface area contributed by atoms with Gasteiger partial charge in [0.25, 0.3) is 0 Å². The van der Waals surface area contributed by atoms with Crippen LogP contribution >= 0.6 is 11.6 Å². The number of rotatable bonds is 4. The number of hydrogen-bond donors (Lipinski definition) is 1. The summed E-state index contributed by atoms with van der Waals surface area (Å²) in [5.41, 5.74) is 2.18. The topological polar surface area (TPSA) is 82.7 Å². The van der Waals surface area contributed by atoms with Crippen molar-refractivity contribution in [1.29, 1.82) is 0 Å². The number of amides is 4. The third kappa shape index (κ3) is 3.02. The van der Waals surface area contributed by atoms with Crippen LogP contribution in [0.3, 0.4) is 0 Å². The molecule has 1 unspecified atom stereocenters. The van der Waals surface area contributed by atoms with Gasteiger partial charge in [-0.3, -0.25) is 19.4 Å². The fourth-order valence-electron chi connectivity index (χ4n) is 3.98. The number of methoxy groups -OCH3 is 1. The maximum absolute atomic E-state index is 13.2. The Morgan fingerprint density at radius 2 is 1.67 bits per heavy atom. The zero-order chi connectivity index (χ0) is 21.6. The van der Waals surface area contributed by atoms with Gasteiger partial charge in [0.2, 0.25) is 11.8 Å². The van der Waals surface area contributed by atoms with Crippen LogP contribution in [0.4, 0.5) is 4.79 Å². The van der Waals surface area contributed by atoms with Crippen LogP contribution in [0.25, 0.3) is 10.9 Å². The van der Waals surface area contributed by atoms with Gasteiger partial charge in [-0.15, -0.1) is 0 Å². The highest BCUT2D eigenvalue weighted by Crippen LogP contribution is 2.42. The Labute approximate surface area is 178 Å². The van der Waals surface area contributed by atoms with E-state index in [0.717, 1.165) is 26.3 Å². The smallest absolute Gasteiger partial charge is 0.332 e. The Morgan fingerprint density at radius 1 is 1.00 bits per heavy atom. The molecule has 1 N–H and O–H groups in total. The molecule has 0 radical (unpaired) electrons. The number of nitrogens with one attached hydrogen (secondary N) is 1. The van der Waals surface area contributed by atoms with Crippen molar-refractivity contribution in [3.8, 4) is 5.75 Å². The van der Waals surface area contributed by atoms with Crippen LogP contribution in [0, 0.1) is 5.92 Å². The van der Waals surface area contributed by atoms with Gasteiger partial charge in [0.15, 0.2) is 0 Å². The minimum Gasteiger partial charge on any atom is -0.497 e. The van der Waals surface area contributed by atoms with Crippen molar-refractivity contribution in [2.24, 2.45) is 5.92 Å². The molecule has 1 aromatic heterocycles. The molecule has 3 aromatic rings. The first-order valence-corrected chi connectivity index (χ1v) is 9.71. The predicted octanol–water partition coefficient (Wildman–Crippen LogP) is 3.63. The summed E-state index contributed by atoms with van der Waals surface area (Å²) in [4.78, 5) is 43.7. The minimum absolute atomic E-state index is 0.433. The molecular weight excluding hydrogens is 406 g/mol. The summed E-state index contributed by atoms with van der Waals surface area (Å²) in [5.74, 6) is -2.32. The van der Waals surface area contributed by atoms with E-state index in [1.165, 1.54) is 14.1 Å². The summed E-state index contributed by atoms with van der Waals surface area (Å²) in [7, 11) is 4.33. The number of aromatic nitrogens is 1. The summed E-state index contributed by atoms with van der Waals surface area (Å²) in [6.07, 6.45) is 1.77. The number of nitrogens with zero attached hydrogens (tertiary/aromatic N) is 2. The van der Waals surface area contributed by atoms with Gasteiger partial charge in [0.05, 0.1) is 7.11 Å². The number of urea groups is 1. The van der Waals surface area contributed by atoms with Gasteiger partial charge in [-0.05, 0) is 35.4 Å². The van der Waals surface area contributed by atoms with E-state index >= 15 is 0 Å². The molecule has 4 rings (SSSR count). The van der Waals surface area contributed by atoms with Crippen molar-refractivity contribution >= 4 is 40.3 Å². The van der Waals surface area contributed by atoms with E-state index in [9.17, 15) is 14.4 Å². The summed E-state index contributed by atoms with van der Waals surface area (Å²) in [6, 6.07) is 12.0. The normalized spacial score (nSPS) is 16.5. The SMILES string of the molecule is COc1ccc2[nH]cc(C(c3ccccc3Cl)C3C(=O)N(C)C(=O)N(C)C3=O)c2c1. The molecule has 4 amide bonds. The van der Waals surface area contributed by atoms with Crippen molar-refractivity contribution in [3.05, 3.63) is 64.8 Å². The molecule has 7 nitrogen and oxygen atoms in total. The van der Waals surface area contributed by atoms with Gasteiger partial charge in [-0.2, -0.15) is 0 Å². The van der Waals surface area contributed by atoms with Crippen LogP contribution in [-0.2, 0) is 9.59 Å². The van der Waals surface area contributed by atoms with Crippen molar-refractivity contribution < 1.29 is 19.1 Å². The highest BCUT2D eigenvalue weighted by atomic mass is 35.5. The number of carbonyl (C=O) groups is 3. The average Bonchev–Trinajstić information content (AvgIpc) is 3.17. The number of hydrogen-bond acceptors (Lipinski definition) is 4. The molecule has 1 atom stereocenters. The molecule has 0 bridgehead atoms. The Morgan fingerprint density at radius 3 is 2.30 bits per heavy atom. The van der Waals surface area contributed by atoms with Crippen LogP contribution < -0.4 is 4.74 Å². The molecule has 1 saturated heterocycles. The number of barbiturate groups is 1. The van der Waals surface area contributed by atoms with E-state index in [2.05, 4.69) is 4.98 Å². The maximum atomic E-state index is 13.2. The Kier molecular flexibility index (Phi) is 4.99. The Bertz CT molecular complexity index is 1150. The average molecular weight is 426 g/mol. The molecule has 0 saturated carbocycles. The molecule has 8 heteroatoms. The number of benzene rings is 2. The van der Waals surface area contributed by atoms with Gasteiger partial charge in [-0.25, -0.2) is 4.79 Å². The van der Waals surface area contributed by atoms with Crippen molar-refractivity contribution in [1.82, 2.24) is 14.8 Å². The standard InChI is InChI=1S/C22H20ClN3O4/c1-25-20(27)19(21(28)26(2)22(25)29)18(13-6-4-5-7-16(13)23)15-11-24-17-9-8-12(30-3)10-14(15)17/h4-11,18-19,24H,1-3H3.